The third kappa shape index (κ3) is 4.89. The molecular weight excluding hydrogens is 354 g/mol. The molecule has 0 aliphatic rings. The maximum atomic E-state index is 3.83. The van der Waals surface area contributed by atoms with E-state index in [2.05, 4.69) is 121 Å². The molecule has 0 saturated carbocycles. The average Bonchev–Trinajstić information content (AvgIpc) is 2.64. The Morgan fingerprint density at radius 1 is 0.786 bits per heavy atom. The molecule has 1 N–H and O–H groups in total. The van der Waals surface area contributed by atoms with Crippen LogP contribution in [0.15, 0.2) is 48.5 Å². The summed E-state index contributed by atoms with van der Waals surface area (Å²) in [6.45, 7) is 18.6. The zero-order chi connectivity index (χ0) is 20.9. The Hall–Kier alpha value is -1.98. The maximum Gasteiger partial charge on any atom is 0.146 e. The van der Waals surface area contributed by atoms with Gasteiger partial charge in [-0.2, -0.15) is 0 Å². The third-order valence-corrected chi connectivity index (χ3v) is 12.5. The zero-order valence-electron chi connectivity index (χ0n) is 18.9. The van der Waals surface area contributed by atoms with Gasteiger partial charge in [0.1, 0.15) is 8.07 Å². The fraction of sp³-hybridized carbons (Fsp3) is 0.462. The number of benzene rings is 2. The van der Waals surface area contributed by atoms with Gasteiger partial charge in [-0.3, -0.25) is 0 Å². The van der Waals surface area contributed by atoms with Gasteiger partial charge >= 0.3 is 0 Å². The first-order chi connectivity index (χ1) is 13.2. The van der Waals surface area contributed by atoms with Crippen LogP contribution in [0.3, 0.4) is 0 Å². The summed E-state index contributed by atoms with van der Waals surface area (Å²) in [5.41, 5.74) is 10.7. The van der Waals surface area contributed by atoms with Crippen molar-refractivity contribution in [3.8, 4) is 11.5 Å². The van der Waals surface area contributed by atoms with Crippen molar-refractivity contribution in [2.24, 2.45) is 0 Å². The van der Waals surface area contributed by atoms with Gasteiger partial charge in [0.15, 0.2) is 0 Å². The van der Waals surface area contributed by atoms with Crippen LogP contribution in [0.2, 0.25) is 16.6 Å². The predicted octanol–water partition coefficient (Wildman–Crippen LogP) is 7.74. The van der Waals surface area contributed by atoms with E-state index in [1.165, 1.54) is 16.8 Å². The maximum absolute atomic E-state index is 3.83. The molecule has 2 heteroatoms. The largest absolute Gasteiger partial charge is 0.378 e. The van der Waals surface area contributed by atoms with Gasteiger partial charge in [0.25, 0.3) is 0 Å². The van der Waals surface area contributed by atoms with E-state index in [1.54, 1.807) is 0 Å². The van der Waals surface area contributed by atoms with Crippen LogP contribution in [0.1, 0.15) is 71.2 Å². The van der Waals surface area contributed by atoms with Gasteiger partial charge in [-0.1, -0.05) is 77.8 Å². The van der Waals surface area contributed by atoms with Crippen molar-refractivity contribution in [3.63, 3.8) is 0 Å². The number of anilines is 1. The molecule has 2 aromatic carbocycles. The highest BCUT2D eigenvalue weighted by atomic mass is 28.3. The Kier molecular flexibility index (Phi) is 7.55. The Morgan fingerprint density at radius 3 is 1.86 bits per heavy atom. The first-order valence-corrected chi connectivity index (χ1v) is 12.9. The third-order valence-electron chi connectivity index (χ3n) is 6.19. The van der Waals surface area contributed by atoms with Crippen molar-refractivity contribution in [3.05, 3.63) is 65.2 Å². The van der Waals surface area contributed by atoms with E-state index in [4.69, 9.17) is 0 Å². The SMILES string of the molecule is Cc1cc(C#C[Si](C(C)C)(C(C)C)C(C)C)ccc1NC(C)c1ccccc1. The second kappa shape index (κ2) is 9.48. The van der Waals surface area contributed by atoms with Crippen LogP contribution in [0.5, 0.6) is 0 Å². The summed E-state index contributed by atoms with van der Waals surface area (Å²) in [6, 6.07) is 17.4. The minimum absolute atomic E-state index is 0.278. The lowest BCUT2D eigenvalue weighted by Crippen LogP contribution is -2.43. The predicted molar refractivity (Wildman–Crippen MR) is 128 cm³/mol. The number of nitrogens with one attached hydrogen (secondary N) is 1. The zero-order valence-corrected chi connectivity index (χ0v) is 19.9. The van der Waals surface area contributed by atoms with Crippen LogP contribution in [0.25, 0.3) is 0 Å². The molecule has 28 heavy (non-hydrogen) atoms. The summed E-state index contributed by atoms with van der Waals surface area (Å²) in [5, 5.41) is 3.64. The summed E-state index contributed by atoms with van der Waals surface area (Å²) >= 11 is 0. The highest BCUT2D eigenvalue weighted by molar-refractivity contribution is 6.90. The summed E-state index contributed by atoms with van der Waals surface area (Å²) in [7, 11) is -1.69. The van der Waals surface area contributed by atoms with Crippen LogP contribution < -0.4 is 5.32 Å². The standard InChI is InChI=1S/C26H37NSi/c1-19(2)28(20(3)4,21(5)6)17-16-24-14-15-26(22(7)18-24)27-23(8)25-12-10-9-11-13-25/h9-15,18-21,23,27H,1-8H3. The molecule has 2 aromatic rings. The summed E-state index contributed by atoms with van der Waals surface area (Å²) in [5.74, 6) is 3.57. The van der Waals surface area contributed by atoms with Gasteiger partial charge in [0.05, 0.1) is 0 Å². The molecular formula is C26H37NSi. The summed E-state index contributed by atoms with van der Waals surface area (Å²) in [6.07, 6.45) is 0. The van der Waals surface area contributed by atoms with Crippen molar-refractivity contribution in [2.45, 2.75) is 78.1 Å². The van der Waals surface area contributed by atoms with Gasteiger partial charge < -0.3 is 5.32 Å². The van der Waals surface area contributed by atoms with Crippen LogP contribution in [-0.2, 0) is 0 Å². The monoisotopic (exact) mass is 391 g/mol. The van der Waals surface area contributed by atoms with Crippen molar-refractivity contribution >= 4 is 13.8 Å². The van der Waals surface area contributed by atoms with Crippen molar-refractivity contribution in [1.82, 2.24) is 0 Å². The summed E-state index contributed by atoms with van der Waals surface area (Å²) < 4.78 is 0. The Labute approximate surface area is 174 Å². The van der Waals surface area contributed by atoms with Gasteiger partial charge in [-0.05, 0) is 59.8 Å². The molecule has 0 bridgehead atoms. The van der Waals surface area contributed by atoms with Gasteiger partial charge in [0, 0.05) is 17.3 Å². The molecule has 0 radical (unpaired) electrons. The second-order valence-electron chi connectivity index (χ2n) is 8.95. The van der Waals surface area contributed by atoms with Crippen LogP contribution in [0, 0.1) is 18.4 Å². The summed E-state index contributed by atoms with van der Waals surface area (Å²) in [4.78, 5) is 0. The minimum atomic E-state index is -1.69. The van der Waals surface area contributed by atoms with E-state index in [1.807, 2.05) is 0 Å². The quantitative estimate of drug-likeness (QED) is 0.392. The van der Waals surface area contributed by atoms with Crippen molar-refractivity contribution in [2.75, 3.05) is 5.32 Å². The molecule has 0 fully saturated rings. The van der Waals surface area contributed by atoms with E-state index in [0.717, 1.165) is 5.56 Å². The normalized spacial score (nSPS) is 12.8. The molecule has 2 rings (SSSR count). The van der Waals surface area contributed by atoms with Crippen LogP contribution >= 0.6 is 0 Å². The topological polar surface area (TPSA) is 12.0 Å². The first kappa shape index (κ1) is 22.3. The van der Waals surface area contributed by atoms with E-state index in [-0.39, 0.29) is 6.04 Å². The van der Waals surface area contributed by atoms with Gasteiger partial charge in [-0.25, -0.2) is 0 Å². The average molecular weight is 392 g/mol. The number of hydrogen-bond acceptors (Lipinski definition) is 1. The highest BCUT2D eigenvalue weighted by Gasteiger charge is 2.41. The van der Waals surface area contributed by atoms with Crippen LogP contribution in [0.4, 0.5) is 5.69 Å². The van der Waals surface area contributed by atoms with Crippen LogP contribution in [-0.4, -0.2) is 8.07 Å². The Morgan fingerprint density at radius 2 is 1.36 bits per heavy atom. The number of rotatable bonds is 6. The van der Waals surface area contributed by atoms with E-state index in [9.17, 15) is 0 Å². The molecule has 0 spiro atoms. The molecule has 0 aliphatic heterocycles. The molecule has 150 valence electrons. The lowest BCUT2D eigenvalue weighted by molar-refractivity contribution is 0.838. The smallest absolute Gasteiger partial charge is 0.146 e. The fourth-order valence-corrected chi connectivity index (χ4v) is 9.80. The first-order valence-electron chi connectivity index (χ1n) is 10.6. The lowest BCUT2D eigenvalue weighted by atomic mass is 10.1. The van der Waals surface area contributed by atoms with Gasteiger partial charge in [0.2, 0.25) is 0 Å². The van der Waals surface area contributed by atoms with E-state index >= 15 is 0 Å². The molecule has 0 aromatic heterocycles. The molecule has 0 saturated heterocycles. The Bertz CT molecular complexity index is 803. The fourth-order valence-electron chi connectivity index (χ4n) is 4.58. The molecule has 0 heterocycles. The molecule has 0 aliphatic carbocycles. The van der Waals surface area contributed by atoms with E-state index < -0.39 is 8.07 Å². The molecule has 0 amide bonds. The van der Waals surface area contributed by atoms with Gasteiger partial charge in [-0.15, -0.1) is 5.54 Å². The second-order valence-corrected chi connectivity index (χ2v) is 14.5. The molecule has 1 unspecified atom stereocenters. The Balaban J connectivity index is 2.26. The lowest BCUT2D eigenvalue weighted by Gasteiger charge is -2.38. The van der Waals surface area contributed by atoms with Crippen molar-refractivity contribution < 1.29 is 0 Å². The van der Waals surface area contributed by atoms with Crippen molar-refractivity contribution in [1.29, 1.82) is 0 Å². The number of aryl methyl sites for hydroxylation is 1. The van der Waals surface area contributed by atoms with E-state index in [0.29, 0.717) is 16.6 Å². The number of hydrogen-bond donors (Lipinski definition) is 1. The minimum Gasteiger partial charge on any atom is -0.378 e. The molecule has 1 nitrogen and oxygen atoms in total. The molecule has 1 atom stereocenters. The highest BCUT2D eigenvalue weighted by Crippen LogP contribution is 2.40.